The number of hydrogen-bond acceptors (Lipinski definition) is 4. The van der Waals surface area contributed by atoms with E-state index >= 15 is 0 Å². The molecule has 5 nitrogen and oxygen atoms in total. The largest absolute Gasteiger partial charge is 0.343 e. The van der Waals surface area contributed by atoms with Crippen LogP contribution >= 0.6 is 0 Å². The molecular weight excluding hydrogens is 324 g/mol. The Kier molecular flexibility index (Phi) is 5.39. The Balaban J connectivity index is 2.31. The zero-order valence-corrected chi connectivity index (χ0v) is 15.1. The fourth-order valence-electron chi connectivity index (χ4n) is 2.47. The number of nitrogens with zero attached hydrogens (tertiary/aromatic N) is 1. The van der Waals surface area contributed by atoms with Crippen LogP contribution in [-0.4, -0.2) is 25.6 Å². The summed E-state index contributed by atoms with van der Waals surface area (Å²) >= 11 is 0. The molecular formula is C18H22N2O3S. The highest BCUT2D eigenvalue weighted by molar-refractivity contribution is 7.90. The second kappa shape index (κ2) is 7.13. The summed E-state index contributed by atoms with van der Waals surface area (Å²) in [6, 6.07) is 9.61. The number of sulfone groups is 1. The number of amides is 1. The van der Waals surface area contributed by atoms with Crippen LogP contribution in [0.1, 0.15) is 41.5 Å². The molecule has 0 saturated heterocycles. The topological polar surface area (TPSA) is 76.1 Å². The Labute approximate surface area is 143 Å². The summed E-state index contributed by atoms with van der Waals surface area (Å²) in [5, 5.41) is 2.97. The lowest BCUT2D eigenvalue weighted by Gasteiger charge is -2.23. The zero-order chi connectivity index (χ0) is 17.9. The van der Waals surface area contributed by atoms with Crippen molar-refractivity contribution in [3.63, 3.8) is 0 Å². The summed E-state index contributed by atoms with van der Waals surface area (Å²) in [6.45, 7) is 5.96. The molecule has 1 N–H and O–H groups in total. The van der Waals surface area contributed by atoms with Crippen LogP contribution in [-0.2, 0) is 9.84 Å². The first-order valence-electron chi connectivity index (χ1n) is 7.72. The zero-order valence-electron chi connectivity index (χ0n) is 14.3. The van der Waals surface area contributed by atoms with E-state index < -0.39 is 9.84 Å². The van der Waals surface area contributed by atoms with Crippen molar-refractivity contribution >= 4 is 15.7 Å². The van der Waals surface area contributed by atoms with E-state index in [1.807, 2.05) is 32.9 Å². The maximum atomic E-state index is 12.6. The van der Waals surface area contributed by atoms with Crippen LogP contribution in [0.4, 0.5) is 0 Å². The number of carbonyl (C=O) groups excluding carboxylic acids is 1. The van der Waals surface area contributed by atoms with E-state index in [-0.39, 0.29) is 22.8 Å². The molecule has 0 radical (unpaired) electrons. The van der Waals surface area contributed by atoms with Gasteiger partial charge in [-0.2, -0.15) is 0 Å². The minimum atomic E-state index is -3.35. The third kappa shape index (κ3) is 4.20. The number of aryl methyl sites for hydroxylation is 1. The van der Waals surface area contributed by atoms with E-state index in [0.29, 0.717) is 5.56 Å². The van der Waals surface area contributed by atoms with Gasteiger partial charge in [0.2, 0.25) is 0 Å². The van der Waals surface area contributed by atoms with Crippen LogP contribution in [0, 0.1) is 12.8 Å². The Bertz CT molecular complexity index is 845. The molecule has 0 spiro atoms. The average Bonchev–Trinajstić information content (AvgIpc) is 2.52. The molecule has 128 valence electrons. The number of benzene rings is 1. The molecule has 24 heavy (non-hydrogen) atoms. The number of hydrogen-bond donors (Lipinski definition) is 1. The molecule has 1 atom stereocenters. The van der Waals surface area contributed by atoms with E-state index in [4.69, 9.17) is 0 Å². The Morgan fingerprint density at radius 3 is 2.46 bits per heavy atom. The van der Waals surface area contributed by atoms with Gasteiger partial charge in [0.05, 0.1) is 16.6 Å². The van der Waals surface area contributed by atoms with E-state index in [0.717, 1.165) is 17.5 Å². The molecule has 1 amide bonds. The highest BCUT2D eigenvalue weighted by Crippen LogP contribution is 2.23. The minimum Gasteiger partial charge on any atom is -0.343 e. The van der Waals surface area contributed by atoms with Gasteiger partial charge in [0.15, 0.2) is 9.84 Å². The first kappa shape index (κ1) is 18.1. The molecule has 1 heterocycles. The van der Waals surface area contributed by atoms with Crippen molar-refractivity contribution in [3.8, 4) is 0 Å². The van der Waals surface area contributed by atoms with Crippen molar-refractivity contribution in [3.05, 3.63) is 59.4 Å². The smallest absolute Gasteiger partial charge is 0.251 e. The summed E-state index contributed by atoms with van der Waals surface area (Å²) in [7, 11) is -3.35. The predicted octanol–water partition coefficient (Wildman–Crippen LogP) is 2.92. The second-order valence-electron chi connectivity index (χ2n) is 6.20. The highest BCUT2D eigenvalue weighted by Gasteiger charge is 2.22. The van der Waals surface area contributed by atoms with E-state index in [1.54, 1.807) is 18.3 Å². The van der Waals surface area contributed by atoms with Crippen molar-refractivity contribution in [2.75, 3.05) is 6.26 Å². The van der Waals surface area contributed by atoms with Crippen LogP contribution < -0.4 is 5.32 Å². The SMILES string of the molecule is Cc1cccnc1[C@@H](NC(=O)c1cccc(S(C)(=O)=O)c1)C(C)C. The van der Waals surface area contributed by atoms with Gasteiger partial charge in [-0.3, -0.25) is 9.78 Å². The van der Waals surface area contributed by atoms with Gasteiger partial charge in [-0.05, 0) is 42.7 Å². The fraction of sp³-hybridized carbons (Fsp3) is 0.333. The molecule has 0 aliphatic rings. The van der Waals surface area contributed by atoms with Gasteiger partial charge >= 0.3 is 0 Å². The van der Waals surface area contributed by atoms with Crippen LogP contribution in [0.2, 0.25) is 0 Å². The standard InChI is InChI=1S/C18H22N2O3S/c1-12(2)16(17-13(3)7-6-10-19-17)20-18(21)14-8-5-9-15(11-14)24(4,22)23/h5-12,16H,1-4H3,(H,20,21)/t16-/m0/s1. The molecule has 0 saturated carbocycles. The number of aromatic nitrogens is 1. The first-order chi connectivity index (χ1) is 11.2. The van der Waals surface area contributed by atoms with Crippen molar-refractivity contribution < 1.29 is 13.2 Å². The average molecular weight is 346 g/mol. The lowest BCUT2D eigenvalue weighted by molar-refractivity contribution is 0.0924. The normalized spacial score (nSPS) is 12.9. The Morgan fingerprint density at radius 1 is 1.17 bits per heavy atom. The molecule has 0 unspecified atom stereocenters. The summed E-state index contributed by atoms with van der Waals surface area (Å²) in [4.78, 5) is 17.1. The molecule has 0 aliphatic heterocycles. The van der Waals surface area contributed by atoms with Crippen LogP contribution in [0.15, 0.2) is 47.5 Å². The van der Waals surface area contributed by atoms with Crippen molar-refractivity contribution in [1.29, 1.82) is 0 Å². The number of pyridine rings is 1. The third-order valence-electron chi connectivity index (χ3n) is 3.82. The van der Waals surface area contributed by atoms with Gasteiger partial charge in [-0.25, -0.2) is 8.42 Å². The number of rotatable bonds is 5. The van der Waals surface area contributed by atoms with E-state index in [2.05, 4.69) is 10.3 Å². The Morgan fingerprint density at radius 2 is 1.88 bits per heavy atom. The lowest BCUT2D eigenvalue weighted by Crippen LogP contribution is -2.33. The Hall–Kier alpha value is -2.21. The third-order valence-corrected chi connectivity index (χ3v) is 4.93. The molecule has 0 aliphatic carbocycles. The maximum absolute atomic E-state index is 12.6. The molecule has 6 heteroatoms. The number of nitrogens with one attached hydrogen (secondary N) is 1. The summed E-state index contributed by atoms with van der Waals surface area (Å²) in [5.41, 5.74) is 2.14. The minimum absolute atomic E-state index is 0.130. The first-order valence-corrected chi connectivity index (χ1v) is 9.62. The van der Waals surface area contributed by atoms with Crippen LogP contribution in [0.25, 0.3) is 0 Å². The van der Waals surface area contributed by atoms with E-state index in [9.17, 15) is 13.2 Å². The molecule has 1 aromatic heterocycles. The van der Waals surface area contributed by atoms with Gasteiger partial charge in [0.25, 0.3) is 5.91 Å². The highest BCUT2D eigenvalue weighted by atomic mass is 32.2. The molecule has 1 aromatic carbocycles. The van der Waals surface area contributed by atoms with Gasteiger partial charge in [-0.1, -0.05) is 26.0 Å². The van der Waals surface area contributed by atoms with Crippen LogP contribution in [0.5, 0.6) is 0 Å². The van der Waals surface area contributed by atoms with Crippen LogP contribution in [0.3, 0.4) is 0 Å². The van der Waals surface area contributed by atoms with Gasteiger partial charge in [0, 0.05) is 18.0 Å². The molecule has 0 fully saturated rings. The molecule has 0 bridgehead atoms. The molecule has 2 rings (SSSR count). The van der Waals surface area contributed by atoms with Gasteiger partial charge in [-0.15, -0.1) is 0 Å². The predicted molar refractivity (Wildman–Crippen MR) is 93.6 cm³/mol. The molecule has 2 aromatic rings. The van der Waals surface area contributed by atoms with Gasteiger partial charge in [0.1, 0.15) is 0 Å². The van der Waals surface area contributed by atoms with Gasteiger partial charge < -0.3 is 5.32 Å². The second-order valence-corrected chi connectivity index (χ2v) is 8.22. The maximum Gasteiger partial charge on any atom is 0.251 e. The lowest BCUT2D eigenvalue weighted by atomic mass is 9.97. The van der Waals surface area contributed by atoms with Crippen molar-refractivity contribution in [2.45, 2.75) is 31.7 Å². The van der Waals surface area contributed by atoms with Crippen molar-refractivity contribution in [2.24, 2.45) is 5.92 Å². The van der Waals surface area contributed by atoms with E-state index in [1.165, 1.54) is 12.1 Å². The summed E-state index contributed by atoms with van der Waals surface area (Å²) in [5.74, 6) is -0.176. The fourth-order valence-corrected chi connectivity index (χ4v) is 3.13. The quantitative estimate of drug-likeness (QED) is 0.903. The summed E-state index contributed by atoms with van der Waals surface area (Å²) < 4.78 is 23.3. The monoisotopic (exact) mass is 346 g/mol. The van der Waals surface area contributed by atoms with Crippen molar-refractivity contribution in [1.82, 2.24) is 10.3 Å². The summed E-state index contributed by atoms with van der Waals surface area (Å²) in [6.07, 6.45) is 2.83. The number of carbonyl (C=O) groups is 1.